The van der Waals surface area contributed by atoms with Gasteiger partial charge in [-0.15, -0.1) is 0 Å². The van der Waals surface area contributed by atoms with Crippen LogP contribution in [-0.4, -0.2) is 16.1 Å². The summed E-state index contributed by atoms with van der Waals surface area (Å²) in [5, 5.41) is 3.10. The van der Waals surface area contributed by atoms with Crippen molar-refractivity contribution in [2.24, 2.45) is 0 Å². The molecule has 0 aliphatic carbocycles. The molecule has 0 spiro atoms. The van der Waals surface area contributed by atoms with Gasteiger partial charge in [-0.2, -0.15) is 0 Å². The molecule has 1 aromatic carbocycles. The fraction of sp³-hybridized carbons (Fsp3) is 0.308. The Labute approximate surface area is 104 Å². The molecule has 1 heterocycles. The molecule has 0 radical (unpaired) electrons. The van der Waals surface area contributed by atoms with E-state index in [0.717, 1.165) is 37.6 Å². The third-order valence-corrected chi connectivity index (χ3v) is 2.62. The van der Waals surface area contributed by atoms with E-state index >= 15 is 0 Å². The van der Waals surface area contributed by atoms with Crippen molar-refractivity contribution in [3.05, 3.63) is 42.2 Å². The highest BCUT2D eigenvalue weighted by Crippen LogP contribution is 2.19. The van der Waals surface area contributed by atoms with Crippen molar-refractivity contribution in [1.82, 2.24) is 9.55 Å². The second-order valence-electron chi connectivity index (χ2n) is 4.00. The Balaban J connectivity index is 2.27. The molecule has 1 aromatic heterocycles. The van der Waals surface area contributed by atoms with Gasteiger partial charge in [0.05, 0.1) is 5.69 Å². The molecule has 5 heteroatoms. The number of hydrogen-bond acceptors (Lipinski definition) is 2. The van der Waals surface area contributed by atoms with Gasteiger partial charge in [-0.25, -0.2) is 13.8 Å². The second kappa shape index (κ2) is 5.62. The summed E-state index contributed by atoms with van der Waals surface area (Å²) < 4.78 is 28.3. The predicted octanol–water partition coefficient (Wildman–Crippen LogP) is 3.36. The van der Waals surface area contributed by atoms with Crippen molar-refractivity contribution in [2.75, 3.05) is 11.9 Å². The molecule has 0 unspecified atom stereocenters. The topological polar surface area (TPSA) is 29.9 Å². The molecule has 0 saturated heterocycles. The average Bonchev–Trinajstić information content (AvgIpc) is 2.81. The number of halogens is 2. The molecule has 0 aliphatic rings. The van der Waals surface area contributed by atoms with Crippen LogP contribution in [0, 0.1) is 11.6 Å². The molecule has 0 atom stereocenters. The lowest BCUT2D eigenvalue weighted by molar-refractivity contribution is 0.593. The summed E-state index contributed by atoms with van der Waals surface area (Å²) in [6.07, 6.45) is 5.21. The van der Waals surface area contributed by atoms with Crippen LogP contribution in [0.1, 0.15) is 19.8 Å². The van der Waals surface area contributed by atoms with Crippen molar-refractivity contribution in [2.45, 2.75) is 19.8 Å². The van der Waals surface area contributed by atoms with Crippen LogP contribution >= 0.6 is 0 Å². The highest BCUT2D eigenvalue weighted by molar-refractivity contribution is 5.42. The minimum atomic E-state index is -0.479. The number of hydrogen-bond donors (Lipinski definition) is 1. The summed E-state index contributed by atoms with van der Waals surface area (Å²) >= 11 is 0. The molecule has 0 fully saturated rings. The molecule has 18 heavy (non-hydrogen) atoms. The van der Waals surface area contributed by atoms with E-state index in [2.05, 4.69) is 17.2 Å². The molecule has 0 saturated carbocycles. The minimum Gasteiger partial charge on any atom is -0.355 e. The molecular weight excluding hydrogens is 236 g/mol. The third-order valence-electron chi connectivity index (χ3n) is 2.62. The van der Waals surface area contributed by atoms with Crippen molar-refractivity contribution >= 4 is 5.95 Å². The van der Waals surface area contributed by atoms with Gasteiger partial charge >= 0.3 is 0 Å². The number of anilines is 1. The normalized spacial score (nSPS) is 10.6. The predicted molar refractivity (Wildman–Crippen MR) is 66.9 cm³/mol. The quantitative estimate of drug-likeness (QED) is 0.826. The third kappa shape index (κ3) is 2.67. The van der Waals surface area contributed by atoms with Gasteiger partial charge < -0.3 is 5.32 Å². The maximum absolute atomic E-state index is 13.7. The van der Waals surface area contributed by atoms with E-state index < -0.39 is 11.6 Å². The first-order valence-electron chi connectivity index (χ1n) is 5.95. The number of benzene rings is 1. The highest BCUT2D eigenvalue weighted by Gasteiger charge is 2.10. The van der Waals surface area contributed by atoms with Gasteiger partial charge in [0.1, 0.15) is 11.6 Å². The molecule has 2 rings (SSSR count). The van der Waals surface area contributed by atoms with Gasteiger partial charge in [0.2, 0.25) is 5.95 Å². The summed E-state index contributed by atoms with van der Waals surface area (Å²) in [6.45, 7) is 2.84. The minimum absolute atomic E-state index is 0.159. The Morgan fingerprint density at radius 1 is 1.33 bits per heavy atom. The lowest BCUT2D eigenvalue weighted by Gasteiger charge is -2.10. The van der Waals surface area contributed by atoms with Gasteiger partial charge in [0, 0.05) is 25.0 Å². The number of nitrogens with zero attached hydrogens (tertiary/aromatic N) is 2. The van der Waals surface area contributed by atoms with Crippen LogP contribution in [0.25, 0.3) is 5.69 Å². The van der Waals surface area contributed by atoms with E-state index in [1.807, 2.05) is 0 Å². The van der Waals surface area contributed by atoms with Gasteiger partial charge in [-0.1, -0.05) is 13.3 Å². The first-order valence-corrected chi connectivity index (χ1v) is 5.95. The Morgan fingerprint density at radius 3 is 2.94 bits per heavy atom. The molecule has 96 valence electrons. The summed E-state index contributed by atoms with van der Waals surface area (Å²) in [7, 11) is 0. The molecule has 0 aliphatic heterocycles. The zero-order valence-electron chi connectivity index (χ0n) is 10.2. The standard InChI is InChI=1S/C13H15F2N3/c1-2-3-6-16-13-17-7-8-18(13)12-9-10(14)4-5-11(12)15/h4-5,7-9H,2-3,6H2,1H3,(H,16,17). The van der Waals surface area contributed by atoms with Crippen LogP contribution in [-0.2, 0) is 0 Å². The van der Waals surface area contributed by atoms with E-state index in [4.69, 9.17) is 0 Å². The smallest absolute Gasteiger partial charge is 0.207 e. The molecule has 0 bridgehead atoms. The average molecular weight is 251 g/mol. The van der Waals surface area contributed by atoms with Crippen LogP contribution in [0.3, 0.4) is 0 Å². The Morgan fingerprint density at radius 2 is 2.17 bits per heavy atom. The number of imidazole rings is 1. The maximum atomic E-state index is 13.7. The van der Waals surface area contributed by atoms with Gasteiger partial charge in [0.15, 0.2) is 0 Å². The van der Waals surface area contributed by atoms with Gasteiger partial charge in [-0.05, 0) is 18.6 Å². The fourth-order valence-corrected chi connectivity index (χ4v) is 1.68. The van der Waals surface area contributed by atoms with E-state index in [0.29, 0.717) is 5.95 Å². The Hall–Kier alpha value is -1.91. The van der Waals surface area contributed by atoms with E-state index in [1.54, 1.807) is 12.4 Å². The lowest BCUT2D eigenvalue weighted by Crippen LogP contribution is -2.08. The van der Waals surface area contributed by atoms with Crippen molar-refractivity contribution in [3.8, 4) is 5.69 Å². The largest absolute Gasteiger partial charge is 0.355 e. The van der Waals surface area contributed by atoms with Gasteiger partial charge in [-0.3, -0.25) is 4.57 Å². The monoisotopic (exact) mass is 251 g/mol. The SMILES string of the molecule is CCCCNc1nccn1-c1cc(F)ccc1F. The van der Waals surface area contributed by atoms with Crippen molar-refractivity contribution in [1.29, 1.82) is 0 Å². The van der Waals surface area contributed by atoms with Crippen molar-refractivity contribution in [3.63, 3.8) is 0 Å². The lowest BCUT2D eigenvalue weighted by atomic mass is 10.3. The van der Waals surface area contributed by atoms with Gasteiger partial charge in [0.25, 0.3) is 0 Å². The summed E-state index contributed by atoms with van der Waals surface area (Å²) in [5.41, 5.74) is 0.159. The van der Waals surface area contributed by atoms with Crippen LogP contribution in [0.15, 0.2) is 30.6 Å². The second-order valence-corrected chi connectivity index (χ2v) is 4.00. The molecule has 2 aromatic rings. The number of unbranched alkanes of at least 4 members (excludes halogenated alkanes) is 1. The zero-order chi connectivity index (χ0) is 13.0. The molecular formula is C13H15F2N3. The molecule has 0 amide bonds. The van der Waals surface area contributed by atoms with Crippen LogP contribution in [0.2, 0.25) is 0 Å². The highest BCUT2D eigenvalue weighted by atomic mass is 19.1. The van der Waals surface area contributed by atoms with E-state index in [9.17, 15) is 8.78 Å². The molecule has 1 N–H and O–H groups in total. The Kier molecular flexibility index (Phi) is 3.92. The Bertz CT molecular complexity index is 523. The molecule has 3 nitrogen and oxygen atoms in total. The summed E-state index contributed by atoms with van der Waals surface area (Å²) in [5.74, 6) is -0.430. The van der Waals surface area contributed by atoms with Crippen LogP contribution in [0.5, 0.6) is 0 Å². The summed E-state index contributed by atoms with van der Waals surface area (Å²) in [6, 6.07) is 3.36. The van der Waals surface area contributed by atoms with E-state index in [1.165, 1.54) is 4.57 Å². The number of aromatic nitrogens is 2. The fourth-order valence-electron chi connectivity index (χ4n) is 1.68. The summed E-state index contributed by atoms with van der Waals surface area (Å²) in [4.78, 5) is 4.10. The van der Waals surface area contributed by atoms with Crippen LogP contribution < -0.4 is 5.32 Å². The van der Waals surface area contributed by atoms with Crippen molar-refractivity contribution < 1.29 is 8.78 Å². The van der Waals surface area contributed by atoms with Crippen LogP contribution in [0.4, 0.5) is 14.7 Å². The zero-order valence-corrected chi connectivity index (χ0v) is 10.2. The maximum Gasteiger partial charge on any atom is 0.207 e. The first-order chi connectivity index (χ1) is 8.72. The first kappa shape index (κ1) is 12.5. The number of rotatable bonds is 5. The van der Waals surface area contributed by atoms with E-state index in [-0.39, 0.29) is 5.69 Å². The number of nitrogens with one attached hydrogen (secondary N) is 1.